The summed E-state index contributed by atoms with van der Waals surface area (Å²) < 4.78 is 3.91. The Kier molecular flexibility index (Phi) is 5.80. The van der Waals surface area contributed by atoms with Gasteiger partial charge in [-0.2, -0.15) is 5.10 Å². The summed E-state index contributed by atoms with van der Waals surface area (Å²) in [5, 5.41) is 17.6. The summed E-state index contributed by atoms with van der Waals surface area (Å²) in [7, 11) is 1.93. The summed E-state index contributed by atoms with van der Waals surface area (Å²) in [5.74, 6) is 1.11. The van der Waals surface area contributed by atoms with Crippen LogP contribution in [0.4, 0.5) is 0 Å². The van der Waals surface area contributed by atoms with Crippen LogP contribution in [0.15, 0.2) is 42.9 Å². The van der Waals surface area contributed by atoms with Gasteiger partial charge in [-0.1, -0.05) is 24.3 Å². The van der Waals surface area contributed by atoms with Gasteiger partial charge < -0.3 is 15.0 Å². The number of rotatable bonds is 6. The molecule has 32 heavy (non-hydrogen) atoms. The summed E-state index contributed by atoms with van der Waals surface area (Å²) in [5.41, 5.74) is 4.36. The molecule has 2 aliphatic rings. The molecule has 2 atom stereocenters. The van der Waals surface area contributed by atoms with E-state index in [4.69, 9.17) is 0 Å². The number of aliphatic hydroxyl groups is 1. The minimum Gasteiger partial charge on any atom is -0.390 e. The first kappa shape index (κ1) is 20.9. The molecule has 5 rings (SSSR count). The molecular weight excluding hydrogens is 404 g/mol. The molecule has 0 saturated heterocycles. The third-order valence-corrected chi connectivity index (χ3v) is 6.60. The summed E-state index contributed by atoms with van der Waals surface area (Å²) in [6, 6.07) is 8.45. The van der Waals surface area contributed by atoms with E-state index in [9.17, 15) is 9.90 Å². The Morgan fingerprint density at radius 2 is 2.09 bits per heavy atom. The number of β-amino-alcohol motifs (C(OH)–C–C–N with tert-alkyl or cyclic N) is 1. The third kappa shape index (κ3) is 4.47. The predicted octanol–water partition coefficient (Wildman–Crippen LogP) is 1.50. The average Bonchev–Trinajstić information content (AvgIpc) is 3.43. The van der Waals surface area contributed by atoms with Crippen molar-refractivity contribution in [3.63, 3.8) is 0 Å². The molecule has 4 heterocycles. The van der Waals surface area contributed by atoms with Gasteiger partial charge in [0.1, 0.15) is 11.5 Å². The molecule has 168 valence electrons. The maximum Gasteiger partial charge on any atom is 0.271 e. The second-order valence-electron chi connectivity index (χ2n) is 9.00. The molecule has 0 spiro atoms. The highest BCUT2D eigenvalue weighted by molar-refractivity contribution is 5.92. The Labute approximate surface area is 187 Å². The van der Waals surface area contributed by atoms with Crippen LogP contribution >= 0.6 is 0 Å². The van der Waals surface area contributed by atoms with Gasteiger partial charge in [0.2, 0.25) is 0 Å². The lowest BCUT2D eigenvalue weighted by atomic mass is 9.94. The van der Waals surface area contributed by atoms with Crippen LogP contribution in [0.2, 0.25) is 0 Å². The molecule has 8 heteroatoms. The van der Waals surface area contributed by atoms with E-state index in [1.165, 1.54) is 16.7 Å². The number of hydrogen-bond donors (Lipinski definition) is 2. The SMILES string of the molecule is Cn1cc([C@@H]2CCc3nc(C(=O)NCC(O)CN4CCc5ccccc5C4)cn3C2)cn1. The monoisotopic (exact) mass is 434 g/mol. The Balaban J connectivity index is 1.13. The largest absolute Gasteiger partial charge is 0.390 e. The number of amides is 1. The van der Waals surface area contributed by atoms with Gasteiger partial charge in [0.05, 0.1) is 12.3 Å². The van der Waals surface area contributed by atoms with Crippen LogP contribution in [0.5, 0.6) is 0 Å². The minimum atomic E-state index is -0.614. The molecule has 0 radical (unpaired) electrons. The zero-order valence-electron chi connectivity index (χ0n) is 18.4. The fourth-order valence-corrected chi connectivity index (χ4v) is 4.85. The summed E-state index contributed by atoms with van der Waals surface area (Å²) in [6.45, 7) is 3.33. The first-order valence-corrected chi connectivity index (χ1v) is 11.3. The van der Waals surface area contributed by atoms with Crippen LogP contribution in [-0.4, -0.2) is 61.0 Å². The normalized spacial score (nSPS) is 19.2. The van der Waals surface area contributed by atoms with Crippen LogP contribution < -0.4 is 5.32 Å². The third-order valence-electron chi connectivity index (χ3n) is 6.60. The smallest absolute Gasteiger partial charge is 0.271 e. The number of nitrogens with one attached hydrogen (secondary N) is 1. The lowest BCUT2D eigenvalue weighted by Gasteiger charge is -2.30. The van der Waals surface area contributed by atoms with Gasteiger partial charge in [0, 0.05) is 64.5 Å². The fourth-order valence-electron chi connectivity index (χ4n) is 4.85. The number of fused-ring (bicyclic) bond motifs is 2. The molecule has 2 aliphatic heterocycles. The molecule has 1 aromatic carbocycles. The first-order chi connectivity index (χ1) is 15.5. The summed E-state index contributed by atoms with van der Waals surface area (Å²) in [4.78, 5) is 19.4. The van der Waals surface area contributed by atoms with Gasteiger partial charge in [-0.25, -0.2) is 4.98 Å². The highest BCUT2D eigenvalue weighted by atomic mass is 16.3. The molecule has 1 unspecified atom stereocenters. The number of nitrogens with zero attached hydrogens (tertiary/aromatic N) is 5. The van der Waals surface area contributed by atoms with Gasteiger partial charge in [0.25, 0.3) is 5.91 Å². The lowest BCUT2D eigenvalue weighted by molar-refractivity contribution is 0.0838. The number of aliphatic hydroxyl groups excluding tert-OH is 1. The molecule has 2 aromatic heterocycles. The van der Waals surface area contributed by atoms with E-state index in [0.717, 1.165) is 44.7 Å². The van der Waals surface area contributed by atoms with Gasteiger partial charge in [0.15, 0.2) is 0 Å². The van der Waals surface area contributed by atoms with Crippen molar-refractivity contribution in [2.45, 2.75) is 44.4 Å². The van der Waals surface area contributed by atoms with E-state index in [-0.39, 0.29) is 12.5 Å². The minimum absolute atomic E-state index is 0.220. The van der Waals surface area contributed by atoms with Crippen molar-refractivity contribution in [1.29, 1.82) is 0 Å². The lowest BCUT2D eigenvalue weighted by Crippen LogP contribution is -2.42. The zero-order chi connectivity index (χ0) is 22.1. The van der Waals surface area contributed by atoms with Crippen LogP contribution in [0.25, 0.3) is 0 Å². The zero-order valence-corrected chi connectivity index (χ0v) is 18.4. The molecule has 1 amide bonds. The number of aromatic nitrogens is 4. The first-order valence-electron chi connectivity index (χ1n) is 11.3. The van der Waals surface area contributed by atoms with Crippen LogP contribution in [0, 0.1) is 0 Å². The summed E-state index contributed by atoms with van der Waals surface area (Å²) >= 11 is 0. The topological polar surface area (TPSA) is 88.2 Å². The molecule has 0 bridgehead atoms. The van der Waals surface area contributed by atoms with Crippen molar-refractivity contribution in [2.75, 3.05) is 19.6 Å². The van der Waals surface area contributed by atoms with Crippen LogP contribution in [0.1, 0.15) is 45.3 Å². The van der Waals surface area contributed by atoms with E-state index in [1.807, 2.05) is 24.1 Å². The van der Waals surface area contributed by atoms with Gasteiger partial charge >= 0.3 is 0 Å². The number of hydrogen-bond acceptors (Lipinski definition) is 5. The number of aryl methyl sites for hydroxylation is 2. The van der Waals surface area contributed by atoms with Crippen molar-refractivity contribution in [3.05, 3.63) is 71.1 Å². The highest BCUT2D eigenvalue weighted by Crippen LogP contribution is 2.28. The Morgan fingerprint density at radius 3 is 2.91 bits per heavy atom. The Hall–Kier alpha value is -2.97. The predicted molar refractivity (Wildman–Crippen MR) is 120 cm³/mol. The Morgan fingerprint density at radius 1 is 1.25 bits per heavy atom. The van der Waals surface area contributed by atoms with Gasteiger partial charge in [-0.05, 0) is 29.5 Å². The standard InChI is InChI=1S/C24H30N6O2/c1-28-12-20(10-26-28)19-6-7-23-27-22(16-30(23)14-19)24(32)25-11-21(31)15-29-9-8-17-4-2-3-5-18(17)13-29/h2-5,10,12,16,19,21,31H,6-9,11,13-15H2,1H3,(H,25,32)/t19-,21?/m1/s1. The molecule has 8 nitrogen and oxygen atoms in total. The molecular formula is C24H30N6O2. The quantitative estimate of drug-likeness (QED) is 0.614. The Bertz CT molecular complexity index is 1100. The van der Waals surface area contributed by atoms with Crippen molar-refractivity contribution in [3.8, 4) is 0 Å². The van der Waals surface area contributed by atoms with Crippen molar-refractivity contribution in [1.82, 2.24) is 29.5 Å². The van der Waals surface area contributed by atoms with Crippen molar-refractivity contribution < 1.29 is 9.90 Å². The average molecular weight is 435 g/mol. The van der Waals surface area contributed by atoms with Crippen molar-refractivity contribution >= 4 is 5.91 Å². The van der Waals surface area contributed by atoms with E-state index in [1.54, 1.807) is 0 Å². The van der Waals surface area contributed by atoms with Crippen molar-refractivity contribution in [2.24, 2.45) is 7.05 Å². The van der Waals surface area contributed by atoms with Crippen LogP contribution in [0.3, 0.4) is 0 Å². The fraction of sp³-hybridized carbons (Fsp3) is 0.458. The number of carbonyl (C=O) groups is 1. The molecule has 0 fully saturated rings. The van der Waals surface area contributed by atoms with E-state index >= 15 is 0 Å². The maximum atomic E-state index is 12.7. The van der Waals surface area contributed by atoms with E-state index < -0.39 is 6.10 Å². The second-order valence-corrected chi connectivity index (χ2v) is 9.00. The maximum absolute atomic E-state index is 12.7. The molecule has 0 aliphatic carbocycles. The number of carbonyl (C=O) groups excluding carboxylic acids is 1. The van der Waals surface area contributed by atoms with E-state index in [2.05, 4.69) is 55.3 Å². The van der Waals surface area contributed by atoms with Gasteiger partial charge in [-0.15, -0.1) is 0 Å². The van der Waals surface area contributed by atoms with Crippen LogP contribution in [-0.2, 0) is 33.0 Å². The number of benzene rings is 1. The van der Waals surface area contributed by atoms with Gasteiger partial charge in [-0.3, -0.25) is 14.4 Å². The summed E-state index contributed by atoms with van der Waals surface area (Å²) in [6.07, 6.45) is 8.03. The number of imidazole rings is 1. The molecule has 0 saturated carbocycles. The molecule has 3 aromatic rings. The molecule has 2 N–H and O–H groups in total. The highest BCUT2D eigenvalue weighted by Gasteiger charge is 2.25. The second kappa shape index (κ2) is 8.88. The van der Waals surface area contributed by atoms with E-state index in [0.29, 0.717) is 18.2 Å².